The SMILES string of the molecule is CC(=O)N1CCC(C(=O)N=O)CC1. The van der Waals surface area contributed by atoms with Crippen LogP contribution in [-0.2, 0) is 9.59 Å². The van der Waals surface area contributed by atoms with E-state index in [1.54, 1.807) is 4.90 Å². The third-order valence-electron chi connectivity index (χ3n) is 2.38. The van der Waals surface area contributed by atoms with Gasteiger partial charge >= 0.3 is 0 Å². The first kappa shape index (κ1) is 9.83. The second-order valence-electron chi connectivity index (χ2n) is 3.21. The molecule has 0 aromatic rings. The molecule has 0 saturated carbocycles. The van der Waals surface area contributed by atoms with Crippen LogP contribution in [0, 0.1) is 10.8 Å². The van der Waals surface area contributed by atoms with Crippen LogP contribution in [0.3, 0.4) is 0 Å². The van der Waals surface area contributed by atoms with E-state index in [1.165, 1.54) is 6.92 Å². The molecule has 1 rings (SSSR count). The van der Waals surface area contributed by atoms with E-state index in [1.807, 2.05) is 0 Å². The first-order valence-corrected chi connectivity index (χ1v) is 4.28. The van der Waals surface area contributed by atoms with Crippen LogP contribution in [0.4, 0.5) is 0 Å². The average Bonchev–Trinajstić information content (AvgIpc) is 2.17. The number of nitrogens with zero attached hydrogens (tertiary/aromatic N) is 2. The fraction of sp³-hybridized carbons (Fsp3) is 0.750. The Balaban J connectivity index is 2.43. The van der Waals surface area contributed by atoms with Crippen molar-refractivity contribution in [1.29, 1.82) is 0 Å². The fourth-order valence-corrected chi connectivity index (χ4v) is 1.52. The third-order valence-corrected chi connectivity index (χ3v) is 2.38. The minimum Gasteiger partial charge on any atom is -0.343 e. The van der Waals surface area contributed by atoms with Gasteiger partial charge in [-0.15, -0.1) is 4.91 Å². The largest absolute Gasteiger partial charge is 0.343 e. The third kappa shape index (κ3) is 2.34. The molecule has 13 heavy (non-hydrogen) atoms. The molecule has 1 heterocycles. The van der Waals surface area contributed by atoms with E-state index in [0.717, 1.165) is 0 Å². The predicted molar refractivity (Wildman–Crippen MR) is 45.8 cm³/mol. The maximum Gasteiger partial charge on any atom is 0.289 e. The topological polar surface area (TPSA) is 66.8 Å². The Morgan fingerprint density at radius 3 is 2.23 bits per heavy atom. The minimum absolute atomic E-state index is 0.0185. The van der Waals surface area contributed by atoms with E-state index in [9.17, 15) is 14.5 Å². The van der Waals surface area contributed by atoms with Crippen molar-refractivity contribution in [2.45, 2.75) is 19.8 Å². The van der Waals surface area contributed by atoms with Gasteiger partial charge in [0.05, 0.1) is 0 Å². The van der Waals surface area contributed by atoms with Crippen LogP contribution in [0.5, 0.6) is 0 Å². The average molecular weight is 184 g/mol. The highest BCUT2D eigenvalue weighted by molar-refractivity contribution is 5.80. The molecule has 0 spiro atoms. The molecule has 5 nitrogen and oxygen atoms in total. The molecule has 0 aliphatic carbocycles. The summed E-state index contributed by atoms with van der Waals surface area (Å²) in [5.74, 6) is -0.832. The van der Waals surface area contributed by atoms with Gasteiger partial charge in [-0.2, -0.15) is 0 Å². The van der Waals surface area contributed by atoms with Crippen molar-refractivity contribution in [2.24, 2.45) is 11.1 Å². The van der Waals surface area contributed by atoms with E-state index in [4.69, 9.17) is 0 Å². The van der Waals surface area contributed by atoms with Crippen molar-refractivity contribution in [3.05, 3.63) is 4.91 Å². The minimum atomic E-state index is -0.580. The molecule has 1 aliphatic heterocycles. The molecule has 0 unspecified atom stereocenters. The highest BCUT2D eigenvalue weighted by Crippen LogP contribution is 2.18. The van der Waals surface area contributed by atoms with E-state index < -0.39 is 5.91 Å². The second kappa shape index (κ2) is 4.11. The summed E-state index contributed by atoms with van der Waals surface area (Å²) in [6, 6.07) is 0. The summed E-state index contributed by atoms with van der Waals surface area (Å²) < 4.78 is 0. The number of carbonyl (C=O) groups excluding carboxylic acids is 2. The Morgan fingerprint density at radius 2 is 1.85 bits per heavy atom. The van der Waals surface area contributed by atoms with E-state index in [-0.39, 0.29) is 11.8 Å². The summed E-state index contributed by atoms with van der Waals surface area (Å²) >= 11 is 0. The molecule has 5 heteroatoms. The molecule has 1 saturated heterocycles. The van der Waals surface area contributed by atoms with Crippen LogP contribution in [0.25, 0.3) is 0 Å². The van der Waals surface area contributed by atoms with Crippen molar-refractivity contribution in [1.82, 2.24) is 4.90 Å². The van der Waals surface area contributed by atoms with Gasteiger partial charge in [-0.3, -0.25) is 9.59 Å². The van der Waals surface area contributed by atoms with Crippen molar-refractivity contribution in [2.75, 3.05) is 13.1 Å². The number of hydrogen-bond acceptors (Lipinski definition) is 3. The van der Waals surface area contributed by atoms with Crippen LogP contribution in [-0.4, -0.2) is 29.8 Å². The maximum atomic E-state index is 10.9. The number of rotatable bonds is 1. The molecule has 0 N–H and O–H groups in total. The molecular formula is C8H12N2O3. The highest BCUT2D eigenvalue weighted by Gasteiger charge is 2.26. The number of nitroso groups, excluding NO2 is 1. The lowest BCUT2D eigenvalue weighted by molar-refractivity contribution is -0.132. The first-order valence-electron chi connectivity index (χ1n) is 4.28. The summed E-state index contributed by atoms with van der Waals surface area (Å²) in [5.41, 5.74) is 0. The van der Waals surface area contributed by atoms with Gasteiger partial charge in [-0.25, -0.2) is 0 Å². The van der Waals surface area contributed by atoms with Gasteiger partial charge < -0.3 is 4.90 Å². The molecule has 0 aromatic carbocycles. The summed E-state index contributed by atoms with van der Waals surface area (Å²) in [5, 5.41) is 2.39. The predicted octanol–water partition coefficient (Wildman–Crippen LogP) is 0.538. The lowest BCUT2D eigenvalue weighted by atomic mass is 9.96. The number of amides is 2. The zero-order valence-electron chi connectivity index (χ0n) is 7.52. The summed E-state index contributed by atoms with van der Waals surface area (Å²) in [6.45, 7) is 2.61. The lowest BCUT2D eigenvalue weighted by Gasteiger charge is -2.28. The van der Waals surface area contributed by atoms with Gasteiger partial charge in [0.2, 0.25) is 5.91 Å². The normalized spacial score (nSPS) is 18.4. The number of piperidine rings is 1. The van der Waals surface area contributed by atoms with Crippen LogP contribution in [0.2, 0.25) is 0 Å². The van der Waals surface area contributed by atoms with Gasteiger partial charge in [0.1, 0.15) is 0 Å². The van der Waals surface area contributed by atoms with Gasteiger partial charge in [0.15, 0.2) is 0 Å². The van der Waals surface area contributed by atoms with Crippen molar-refractivity contribution in [3.63, 3.8) is 0 Å². The standard InChI is InChI=1S/C8H12N2O3/c1-6(11)10-4-2-7(3-5-10)8(12)9-13/h7H,2-5H2,1H3. The molecule has 0 radical (unpaired) electrons. The number of likely N-dealkylation sites (tertiary alicyclic amines) is 1. The fourth-order valence-electron chi connectivity index (χ4n) is 1.52. The molecule has 1 aliphatic rings. The number of hydrogen-bond donors (Lipinski definition) is 0. The zero-order chi connectivity index (χ0) is 9.84. The summed E-state index contributed by atoms with van der Waals surface area (Å²) in [4.78, 5) is 33.4. The molecule has 72 valence electrons. The molecule has 0 atom stereocenters. The Kier molecular flexibility index (Phi) is 3.11. The van der Waals surface area contributed by atoms with Crippen molar-refractivity contribution in [3.8, 4) is 0 Å². The molecule has 2 amide bonds. The first-order chi connectivity index (χ1) is 6.15. The molecule has 0 aromatic heterocycles. The molecule has 1 fully saturated rings. The van der Waals surface area contributed by atoms with Crippen LogP contribution in [0.1, 0.15) is 19.8 Å². The Hall–Kier alpha value is -1.26. The van der Waals surface area contributed by atoms with Crippen molar-refractivity contribution < 1.29 is 9.59 Å². The quantitative estimate of drug-likeness (QED) is 0.558. The van der Waals surface area contributed by atoms with Crippen LogP contribution >= 0.6 is 0 Å². The summed E-state index contributed by atoms with van der Waals surface area (Å²) in [6.07, 6.45) is 1.12. The Bertz CT molecular complexity index is 232. The smallest absolute Gasteiger partial charge is 0.289 e. The summed E-state index contributed by atoms with van der Waals surface area (Å²) in [7, 11) is 0. The number of carbonyl (C=O) groups is 2. The monoisotopic (exact) mass is 184 g/mol. The highest BCUT2D eigenvalue weighted by atomic mass is 16.3. The van der Waals surface area contributed by atoms with Gasteiger partial charge in [-0.1, -0.05) is 0 Å². The van der Waals surface area contributed by atoms with E-state index in [2.05, 4.69) is 5.18 Å². The van der Waals surface area contributed by atoms with Crippen molar-refractivity contribution >= 4 is 11.8 Å². The van der Waals surface area contributed by atoms with Crippen LogP contribution in [0.15, 0.2) is 5.18 Å². The van der Waals surface area contributed by atoms with Gasteiger partial charge in [0, 0.05) is 31.1 Å². The molecule has 0 bridgehead atoms. The van der Waals surface area contributed by atoms with Gasteiger partial charge in [0.25, 0.3) is 5.91 Å². The van der Waals surface area contributed by atoms with Gasteiger partial charge in [-0.05, 0) is 12.8 Å². The van der Waals surface area contributed by atoms with Crippen LogP contribution < -0.4 is 0 Å². The van der Waals surface area contributed by atoms with E-state index >= 15 is 0 Å². The van der Waals surface area contributed by atoms with E-state index in [0.29, 0.717) is 25.9 Å². The molecular weight excluding hydrogens is 172 g/mol. The lowest BCUT2D eigenvalue weighted by Crippen LogP contribution is -2.38. The maximum absolute atomic E-state index is 10.9. The Morgan fingerprint density at radius 1 is 1.31 bits per heavy atom. The zero-order valence-corrected chi connectivity index (χ0v) is 7.52. The Labute approximate surface area is 76.1 Å². The second-order valence-corrected chi connectivity index (χ2v) is 3.21.